The van der Waals surface area contributed by atoms with Gasteiger partial charge in [-0.2, -0.15) is 0 Å². The molecule has 0 heterocycles. The molecule has 1 atom stereocenters. The Balaban J connectivity index is 2.52. The lowest BCUT2D eigenvalue weighted by Crippen LogP contribution is -1.97. The molecule has 1 unspecified atom stereocenters. The quantitative estimate of drug-likeness (QED) is 0.667. The van der Waals surface area contributed by atoms with Crippen LogP contribution in [0.15, 0.2) is 24.3 Å². The molecule has 81 valence electrons. The molecule has 0 aliphatic carbocycles. The van der Waals surface area contributed by atoms with Crippen LogP contribution in [0.4, 0.5) is 0 Å². The summed E-state index contributed by atoms with van der Waals surface area (Å²) < 4.78 is 5.52. The lowest BCUT2D eigenvalue weighted by molar-refractivity contribution is 0.309. The highest BCUT2D eigenvalue weighted by molar-refractivity contribution is 5.62. The standard InChI is InChI=1S/C13H17O2/c1-3-4-9-15-13-7-5-12(6-8-13)11(2)10-14/h5-8,11H,3-4,9H2,1-2H3. The average molecular weight is 205 g/mol. The fourth-order valence-corrected chi connectivity index (χ4v) is 1.26. The Morgan fingerprint density at radius 2 is 2.00 bits per heavy atom. The van der Waals surface area contributed by atoms with Crippen LogP contribution in [-0.2, 0) is 4.79 Å². The van der Waals surface area contributed by atoms with E-state index in [2.05, 4.69) is 6.92 Å². The Morgan fingerprint density at radius 3 is 2.53 bits per heavy atom. The van der Waals surface area contributed by atoms with Gasteiger partial charge in [0.25, 0.3) is 0 Å². The second-order valence-corrected chi connectivity index (χ2v) is 3.61. The maximum Gasteiger partial charge on any atom is 0.206 e. The maximum atomic E-state index is 10.4. The molecule has 0 bridgehead atoms. The first-order chi connectivity index (χ1) is 7.27. The van der Waals surface area contributed by atoms with Crippen molar-refractivity contribution in [3.8, 4) is 5.75 Å². The molecule has 0 aliphatic rings. The molecule has 2 nitrogen and oxygen atoms in total. The highest BCUT2D eigenvalue weighted by atomic mass is 16.5. The molecule has 15 heavy (non-hydrogen) atoms. The molecule has 1 rings (SSSR count). The van der Waals surface area contributed by atoms with Gasteiger partial charge >= 0.3 is 0 Å². The van der Waals surface area contributed by atoms with Crippen LogP contribution in [0.1, 0.15) is 38.2 Å². The summed E-state index contributed by atoms with van der Waals surface area (Å²) in [7, 11) is 0. The zero-order valence-corrected chi connectivity index (χ0v) is 9.32. The third-order valence-corrected chi connectivity index (χ3v) is 2.32. The van der Waals surface area contributed by atoms with Gasteiger partial charge in [-0.1, -0.05) is 32.4 Å². The molecule has 0 fully saturated rings. The minimum Gasteiger partial charge on any atom is -0.494 e. The van der Waals surface area contributed by atoms with Crippen molar-refractivity contribution >= 4 is 6.29 Å². The second kappa shape index (κ2) is 6.23. The first-order valence-electron chi connectivity index (χ1n) is 5.38. The average Bonchev–Trinajstić information content (AvgIpc) is 2.29. The van der Waals surface area contributed by atoms with Crippen LogP contribution >= 0.6 is 0 Å². The van der Waals surface area contributed by atoms with Crippen LogP contribution in [0.2, 0.25) is 0 Å². The zero-order chi connectivity index (χ0) is 11.1. The first kappa shape index (κ1) is 11.8. The fraction of sp³-hybridized carbons (Fsp3) is 0.462. The smallest absolute Gasteiger partial charge is 0.206 e. The van der Waals surface area contributed by atoms with Gasteiger partial charge in [0.15, 0.2) is 0 Å². The fourth-order valence-electron chi connectivity index (χ4n) is 1.26. The summed E-state index contributed by atoms with van der Waals surface area (Å²) in [5.74, 6) is 0.708. The number of carbonyl (C=O) groups excluding carboxylic acids is 1. The Kier molecular flexibility index (Phi) is 4.88. The molecule has 0 N–H and O–H groups in total. The van der Waals surface area contributed by atoms with Crippen molar-refractivity contribution in [1.82, 2.24) is 0 Å². The molecule has 0 aliphatic heterocycles. The van der Waals surface area contributed by atoms with Gasteiger partial charge in [-0.15, -0.1) is 0 Å². The third kappa shape index (κ3) is 3.74. The third-order valence-electron chi connectivity index (χ3n) is 2.32. The van der Waals surface area contributed by atoms with Gasteiger partial charge in [-0.25, -0.2) is 0 Å². The summed E-state index contributed by atoms with van der Waals surface area (Å²) in [5.41, 5.74) is 0.979. The number of ether oxygens (including phenoxy) is 1. The molecule has 1 aromatic rings. The first-order valence-corrected chi connectivity index (χ1v) is 5.38. The number of hydrogen-bond acceptors (Lipinski definition) is 2. The van der Waals surface area contributed by atoms with Gasteiger partial charge in [-0.05, 0) is 24.1 Å². The van der Waals surface area contributed by atoms with E-state index in [1.54, 1.807) is 0 Å². The minimum atomic E-state index is -0.158. The molecule has 0 saturated heterocycles. The zero-order valence-electron chi connectivity index (χ0n) is 9.32. The van der Waals surface area contributed by atoms with Crippen molar-refractivity contribution in [2.45, 2.75) is 32.6 Å². The molecular weight excluding hydrogens is 188 g/mol. The van der Waals surface area contributed by atoms with E-state index < -0.39 is 0 Å². The predicted octanol–water partition coefficient (Wildman–Crippen LogP) is 3.08. The lowest BCUT2D eigenvalue weighted by Gasteiger charge is -2.07. The Labute approximate surface area is 91.3 Å². The van der Waals surface area contributed by atoms with E-state index in [0.29, 0.717) is 0 Å². The van der Waals surface area contributed by atoms with Crippen LogP contribution in [0.5, 0.6) is 5.75 Å². The molecule has 0 amide bonds. The Morgan fingerprint density at radius 1 is 1.33 bits per heavy atom. The number of benzene rings is 1. The number of hydrogen-bond donors (Lipinski definition) is 0. The van der Waals surface area contributed by atoms with Crippen LogP contribution < -0.4 is 4.74 Å². The maximum absolute atomic E-state index is 10.4. The highest BCUT2D eigenvalue weighted by Gasteiger charge is 2.04. The van der Waals surface area contributed by atoms with Crippen molar-refractivity contribution in [1.29, 1.82) is 0 Å². The topological polar surface area (TPSA) is 26.3 Å². The van der Waals surface area contributed by atoms with Gasteiger partial charge in [0, 0.05) is 5.92 Å². The monoisotopic (exact) mass is 205 g/mol. The van der Waals surface area contributed by atoms with Crippen LogP contribution in [0.3, 0.4) is 0 Å². The molecule has 1 radical (unpaired) electrons. The summed E-state index contributed by atoms with van der Waals surface area (Å²) in [6.45, 7) is 4.72. The van der Waals surface area contributed by atoms with E-state index in [0.717, 1.165) is 30.8 Å². The van der Waals surface area contributed by atoms with Crippen molar-refractivity contribution < 1.29 is 9.53 Å². The molecule has 2 heteroatoms. The Hall–Kier alpha value is -1.31. The molecule has 0 spiro atoms. The minimum absolute atomic E-state index is 0.158. The summed E-state index contributed by atoms with van der Waals surface area (Å²) in [6, 6.07) is 7.63. The second-order valence-electron chi connectivity index (χ2n) is 3.61. The number of rotatable bonds is 6. The summed E-state index contributed by atoms with van der Waals surface area (Å²) in [4.78, 5) is 10.4. The molecule has 1 aromatic carbocycles. The SMILES string of the molecule is CCCCOc1ccc(C(C)[C]=O)cc1. The summed E-state index contributed by atoms with van der Waals surface area (Å²) in [5, 5.41) is 0. The van der Waals surface area contributed by atoms with Crippen molar-refractivity contribution in [3.05, 3.63) is 29.8 Å². The molecule has 0 aromatic heterocycles. The number of unbranched alkanes of at least 4 members (excludes halogenated alkanes) is 1. The van der Waals surface area contributed by atoms with Gasteiger partial charge < -0.3 is 4.74 Å². The van der Waals surface area contributed by atoms with E-state index in [4.69, 9.17) is 4.74 Å². The largest absolute Gasteiger partial charge is 0.494 e. The van der Waals surface area contributed by atoms with Gasteiger partial charge in [-0.3, -0.25) is 4.79 Å². The lowest BCUT2D eigenvalue weighted by atomic mass is 10.0. The summed E-state index contributed by atoms with van der Waals surface area (Å²) in [6.07, 6.45) is 4.17. The Bertz CT molecular complexity index is 290. The van der Waals surface area contributed by atoms with Crippen molar-refractivity contribution in [3.63, 3.8) is 0 Å². The van der Waals surface area contributed by atoms with E-state index in [-0.39, 0.29) is 5.92 Å². The van der Waals surface area contributed by atoms with Crippen LogP contribution in [-0.4, -0.2) is 12.9 Å². The van der Waals surface area contributed by atoms with E-state index in [1.165, 1.54) is 0 Å². The van der Waals surface area contributed by atoms with Crippen LogP contribution in [0.25, 0.3) is 0 Å². The normalized spacial score (nSPS) is 12.1. The van der Waals surface area contributed by atoms with Crippen LogP contribution in [0, 0.1) is 0 Å². The van der Waals surface area contributed by atoms with Crippen molar-refractivity contribution in [2.75, 3.05) is 6.61 Å². The van der Waals surface area contributed by atoms with Crippen molar-refractivity contribution in [2.24, 2.45) is 0 Å². The van der Waals surface area contributed by atoms with E-state index in [9.17, 15) is 4.79 Å². The van der Waals surface area contributed by atoms with Gasteiger partial charge in [0.1, 0.15) is 5.75 Å². The van der Waals surface area contributed by atoms with E-state index in [1.807, 2.05) is 37.5 Å². The van der Waals surface area contributed by atoms with Gasteiger partial charge in [0.2, 0.25) is 6.29 Å². The molecular formula is C13H17O2. The highest BCUT2D eigenvalue weighted by Crippen LogP contribution is 2.17. The summed E-state index contributed by atoms with van der Waals surface area (Å²) >= 11 is 0. The van der Waals surface area contributed by atoms with E-state index >= 15 is 0 Å². The molecule has 0 saturated carbocycles. The predicted molar refractivity (Wildman–Crippen MR) is 61.0 cm³/mol. The van der Waals surface area contributed by atoms with Gasteiger partial charge in [0.05, 0.1) is 6.61 Å².